The van der Waals surface area contributed by atoms with E-state index in [2.05, 4.69) is 26.8 Å². The van der Waals surface area contributed by atoms with E-state index in [0.717, 1.165) is 24.8 Å². The van der Waals surface area contributed by atoms with Crippen molar-refractivity contribution in [2.75, 3.05) is 0 Å². The number of fused-ring (bicyclic) bond motifs is 1. The van der Waals surface area contributed by atoms with Crippen LogP contribution in [-0.4, -0.2) is 11.1 Å². The molecule has 0 bridgehead atoms. The monoisotopic (exact) mass is 236 g/mol. The molecule has 2 nitrogen and oxygen atoms in total. The lowest BCUT2D eigenvalue weighted by molar-refractivity contribution is -0.150. The van der Waals surface area contributed by atoms with Crippen LogP contribution in [0.2, 0.25) is 0 Å². The summed E-state index contributed by atoms with van der Waals surface area (Å²) in [6.45, 7) is 8.81. The molecule has 17 heavy (non-hydrogen) atoms. The zero-order valence-corrected chi connectivity index (χ0v) is 11.4. The molecule has 96 valence electrons. The summed E-state index contributed by atoms with van der Waals surface area (Å²) in [5.41, 5.74) is 1.29. The Kier molecular flexibility index (Phi) is 2.87. The van der Waals surface area contributed by atoms with E-state index in [9.17, 15) is 9.90 Å². The molecule has 0 heterocycles. The molecule has 0 radical (unpaired) electrons. The van der Waals surface area contributed by atoms with Gasteiger partial charge in [-0.2, -0.15) is 0 Å². The van der Waals surface area contributed by atoms with Crippen molar-refractivity contribution in [3.05, 3.63) is 11.6 Å². The Bertz CT molecular complexity index is 367. The Labute approximate surface area is 104 Å². The van der Waals surface area contributed by atoms with Gasteiger partial charge in [0.1, 0.15) is 0 Å². The number of carbonyl (C=O) groups is 1. The highest BCUT2D eigenvalue weighted by Gasteiger charge is 2.54. The third-order valence-corrected chi connectivity index (χ3v) is 5.31. The maximum Gasteiger partial charge on any atom is 0.311 e. The maximum absolute atomic E-state index is 11.6. The third kappa shape index (κ3) is 1.82. The minimum atomic E-state index is -0.636. The predicted octanol–water partition coefficient (Wildman–Crippen LogP) is 3.87. The molecular formula is C15H24O2. The van der Waals surface area contributed by atoms with Gasteiger partial charge < -0.3 is 5.11 Å². The second-order valence-electron chi connectivity index (χ2n) is 6.86. The van der Waals surface area contributed by atoms with E-state index < -0.39 is 5.97 Å². The fraction of sp³-hybridized carbons (Fsp3) is 0.800. The maximum atomic E-state index is 11.6. The molecule has 1 saturated carbocycles. The highest BCUT2D eigenvalue weighted by atomic mass is 16.4. The standard InChI is InChI=1S/C15H24O2/c1-10-6-7-11-14(2,3)8-5-9-15(11,4)12(10)13(16)17/h6,11-12H,5,7-9H2,1-4H3,(H,16,17). The van der Waals surface area contributed by atoms with E-state index in [-0.39, 0.29) is 16.7 Å². The third-order valence-electron chi connectivity index (χ3n) is 5.31. The van der Waals surface area contributed by atoms with Crippen molar-refractivity contribution < 1.29 is 9.90 Å². The van der Waals surface area contributed by atoms with Gasteiger partial charge in [-0.05, 0) is 42.9 Å². The molecule has 3 unspecified atom stereocenters. The molecule has 2 aliphatic carbocycles. The zero-order valence-electron chi connectivity index (χ0n) is 11.4. The van der Waals surface area contributed by atoms with Gasteiger partial charge >= 0.3 is 5.97 Å². The minimum absolute atomic E-state index is 0.0492. The summed E-state index contributed by atoms with van der Waals surface area (Å²) in [4.78, 5) is 11.6. The minimum Gasteiger partial charge on any atom is -0.481 e. The molecule has 2 aliphatic rings. The molecule has 3 atom stereocenters. The van der Waals surface area contributed by atoms with Gasteiger partial charge in [-0.1, -0.05) is 38.8 Å². The second-order valence-corrected chi connectivity index (χ2v) is 6.86. The van der Waals surface area contributed by atoms with Crippen molar-refractivity contribution in [3.63, 3.8) is 0 Å². The molecule has 2 heteroatoms. The number of hydrogen-bond donors (Lipinski definition) is 1. The molecule has 0 aromatic carbocycles. The van der Waals surface area contributed by atoms with Crippen LogP contribution in [0.25, 0.3) is 0 Å². The Morgan fingerprint density at radius 1 is 1.35 bits per heavy atom. The van der Waals surface area contributed by atoms with Crippen LogP contribution >= 0.6 is 0 Å². The molecule has 0 spiro atoms. The van der Waals surface area contributed by atoms with Crippen molar-refractivity contribution in [1.29, 1.82) is 0 Å². The largest absolute Gasteiger partial charge is 0.481 e. The van der Waals surface area contributed by atoms with E-state index in [0.29, 0.717) is 5.92 Å². The molecule has 0 aromatic rings. The van der Waals surface area contributed by atoms with Crippen LogP contribution in [0.5, 0.6) is 0 Å². The predicted molar refractivity (Wildman–Crippen MR) is 68.7 cm³/mol. The summed E-state index contributed by atoms with van der Waals surface area (Å²) in [6.07, 6.45) is 6.67. The Morgan fingerprint density at radius 3 is 2.59 bits per heavy atom. The van der Waals surface area contributed by atoms with Gasteiger partial charge in [0.2, 0.25) is 0 Å². The van der Waals surface area contributed by atoms with E-state index in [1.54, 1.807) is 0 Å². The van der Waals surface area contributed by atoms with Crippen LogP contribution in [0.4, 0.5) is 0 Å². The lowest BCUT2D eigenvalue weighted by atomic mass is 9.49. The highest BCUT2D eigenvalue weighted by molar-refractivity contribution is 5.75. The summed E-state index contributed by atoms with van der Waals surface area (Å²) in [5, 5.41) is 9.54. The van der Waals surface area contributed by atoms with Crippen molar-refractivity contribution in [3.8, 4) is 0 Å². The lowest BCUT2D eigenvalue weighted by Crippen LogP contribution is -2.50. The van der Waals surface area contributed by atoms with Crippen LogP contribution in [0.1, 0.15) is 53.4 Å². The zero-order chi connectivity index (χ0) is 12.8. The molecule has 0 aliphatic heterocycles. The van der Waals surface area contributed by atoms with Gasteiger partial charge in [-0.3, -0.25) is 4.79 Å². The smallest absolute Gasteiger partial charge is 0.311 e. The van der Waals surface area contributed by atoms with Crippen LogP contribution in [-0.2, 0) is 4.79 Å². The summed E-state index contributed by atoms with van der Waals surface area (Å²) in [6, 6.07) is 0. The molecule has 0 aromatic heterocycles. The Hall–Kier alpha value is -0.790. The molecule has 0 amide bonds. The molecule has 1 N–H and O–H groups in total. The normalized spacial score (nSPS) is 40.4. The number of rotatable bonds is 1. The van der Waals surface area contributed by atoms with Gasteiger partial charge in [0.25, 0.3) is 0 Å². The Morgan fingerprint density at radius 2 is 2.00 bits per heavy atom. The van der Waals surface area contributed by atoms with Crippen molar-refractivity contribution in [2.45, 2.75) is 53.4 Å². The van der Waals surface area contributed by atoms with Gasteiger partial charge in [0.15, 0.2) is 0 Å². The average Bonchev–Trinajstić information content (AvgIpc) is 2.14. The fourth-order valence-corrected chi connectivity index (χ4v) is 4.52. The second kappa shape index (κ2) is 3.86. The molecule has 1 fully saturated rings. The van der Waals surface area contributed by atoms with Crippen molar-refractivity contribution in [1.82, 2.24) is 0 Å². The van der Waals surface area contributed by atoms with Gasteiger partial charge in [-0.15, -0.1) is 0 Å². The van der Waals surface area contributed by atoms with Crippen molar-refractivity contribution in [2.24, 2.45) is 22.7 Å². The first-order valence-corrected chi connectivity index (χ1v) is 6.68. The number of aliphatic carboxylic acids is 1. The SMILES string of the molecule is CC1=CCC2C(C)(C)CCCC2(C)C1C(=O)O. The number of carboxylic acid groups (broad SMARTS) is 1. The van der Waals surface area contributed by atoms with Crippen LogP contribution in [0, 0.1) is 22.7 Å². The summed E-state index contributed by atoms with van der Waals surface area (Å²) < 4.78 is 0. The van der Waals surface area contributed by atoms with E-state index in [1.807, 2.05) is 6.92 Å². The van der Waals surface area contributed by atoms with Crippen LogP contribution in [0.15, 0.2) is 11.6 Å². The van der Waals surface area contributed by atoms with Gasteiger partial charge in [-0.25, -0.2) is 0 Å². The molecular weight excluding hydrogens is 212 g/mol. The first-order chi connectivity index (χ1) is 7.79. The fourth-order valence-electron chi connectivity index (χ4n) is 4.52. The Balaban J connectivity index is 2.46. The van der Waals surface area contributed by atoms with E-state index >= 15 is 0 Å². The lowest BCUT2D eigenvalue weighted by Gasteiger charge is -2.55. The topological polar surface area (TPSA) is 37.3 Å². The quantitative estimate of drug-likeness (QED) is 0.702. The van der Waals surface area contributed by atoms with Crippen LogP contribution in [0.3, 0.4) is 0 Å². The number of carboxylic acids is 1. The highest BCUT2D eigenvalue weighted by Crippen LogP contribution is 2.59. The summed E-state index contributed by atoms with van der Waals surface area (Å²) >= 11 is 0. The molecule has 2 rings (SSSR count). The number of hydrogen-bond acceptors (Lipinski definition) is 1. The van der Waals surface area contributed by atoms with Crippen molar-refractivity contribution >= 4 is 5.97 Å². The van der Waals surface area contributed by atoms with Gasteiger partial charge in [0, 0.05) is 0 Å². The first kappa shape index (κ1) is 12.7. The van der Waals surface area contributed by atoms with Crippen LogP contribution < -0.4 is 0 Å². The molecule has 0 saturated heterocycles. The first-order valence-electron chi connectivity index (χ1n) is 6.68. The number of allylic oxidation sites excluding steroid dienone is 1. The summed E-state index contributed by atoms with van der Waals surface area (Å²) in [5.74, 6) is -0.405. The van der Waals surface area contributed by atoms with E-state index in [4.69, 9.17) is 0 Å². The van der Waals surface area contributed by atoms with E-state index in [1.165, 1.54) is 6.42 Å². The van der Waals surface area contributed by atoms with Gasteiger partial charge in [0.05, 0.1) is 5.92 Å². The summed E-state index contributed by atoms with van der Waals surface area (Å²) in [7, 11) is 0. The average molecular weight is 236 g/mol.